The van der Waals surface area contributed by atoms with Crippen molar-refractivity contribution < 1.29 is 28.6 Å². The molecule has 0 aliphatic rings. The zero-order valence-electron chi connectivity index (χ0n) is 42.5. The van der Waals surface area contributed by atoms with Gasteiger partial charge < -0.3 is 14.2 Å². The summed E-state index contributed by atoms with van der Waals surface area (Å²) in [4.78, 5) is 38.0. The minimum Gasteiger partial charge on any atom is -0.462 e. The summed E-state index contributed by atoms with van der Waals surface area (Å²) >= 11 is 0. The molecule has 0 aromatic carbocycles. The Labute approximate surface area is 387 Å². The average molecular weight is 877 g/mol. The van der Waals surface area contributed by atoms with E-state index in [4.69, 9.17) is 14.2 Å². The average Bonchev–Trinajstić information content (AvgIpc) is 3.24. The zero-order chi connectivity index (χ0) is 45.4. The molecule has 0 aromatic heterocycles. The fourth-order valence-electron chi connectivity index (χ4n) is 8.52. The number of esters is 3. The molecule has 6 nitrogen and oxygen atoms in total. The summed E-state index contributed by atoms with van der Waals surface area (Å²) in [5.74, 6) is 0.813. The van der Waals surface area contributed by atoms with Gasteiger partial charge in [-0.25, -0.2) is 0 Å². The van der Waals surface area contributed by atoms with Gasteiger partial charge >= 0.3 is 17.9 Å². The molecule has 368 valence electrons. The van der Waals surface area contributed by atoms with E-state index >= 15 is 0 Å². The summed E-state index contributed by atoms with van der Waals surface area (Å²) in [6.45, 7) is 11.4. The van der Waals surface area contributed by atoms with Crippen LogP contribution in [-0.2, 0) is 28.6 Å². The number of ether oxygens (including phenoxy) is 3. The van der Waals surface area contributed by atoms with Crippen molar-refractivity contribution in [2.45, 2.75) is 317 Å². The molecule has 0 aromatic rings. The lowest BCUT2D eigenvalue weighted by Gasteiger charge is -2.18. The molecular formula is C56H108O6. The molecule has 0 aliphatic carbocycles. The molecule has 0 aliphatic heterocycles. The van der Waals surface area contributed by atoms with Crippen LogP contribution in [0.1, 0.15) is 311 Å². The quantitative estimate of drug-likeness (QED) is 0.0344. The van der Waals surface area contributed by atoms with Crippen LogP contribution in [0.5, 0.6) is 0 Å². The summed E-state index contributed by atoms with van der Waals surface area (Å²) in [5.41, 5.74) is 0. The van der Waals surface area contributed by atoms with Crippen LogP contribution >= 0.6 is 0 Å². The van der Waals surface area contributed by atoms with Crippen molar-refractivity contribution in [3.05, 3.63) is 0 Å². The number of rotatable bonds is 50. The number of carbonyl (C=O) groups excluding carboxylic acids is 3. The standard InChI is InChI=1S/C56H108O6/c1-6-7-8-9-10-11-12-13-18-21-26-31-36-41-46-54(57)60-49-53(50-61-55(58)47-42-37-32-28-23-25-30-35-40-45-52(4)5)62-56(59)48-43-38-33-27-22-19-16-14-15-17-20-24-29-34-39-44-51(2)3/h51-53H,6-50H2,1-5H3/t53-/m0/s1. The maximum absolute atomic E-state index is 12.8. The second-order valence-corrected chi connectivity index (χ2v) is 20.2. The molecule has 0 unspecified atom stereocenters. The largest absolute Gasteiger partial charge is 0.462 e. The lowest BCUT2D eigenvalue weighted by atomic mass is 10.0. The van der Waals surface area contributed by atoms with Gasteiger partial charge in [-0.1, -0.05) is 272 Å². The van der Waals surface area contributed by atoms with Crippen LogP contribution in [0.15, 0.2) is 0 Å². The topological polar surface area (TPSA) is 78.9 Å². The molecule has 62 heavy (non-hydrogen) atoms. The lowest BCUT2D eigenvalue weighted by Crippen LogP contribution is -2.30. The van der Waals surface area contributed by atoms with Crippen molar-refractivity contribution in [1.29, 1.82) is 0 Å². The van der Waals surface area contributed by atoms with Crippen molar-refractivity contribution >= 4 is 17.9 Å². The van der Waals surface area contributed by atoms with Gasteiger partial charge in [-0.3, -0.25) is 14.4 Å². The molecule has 6 heteroatoms. The fourth-order valence-corrected chi connectivity index (χ4v) is 8.52. The highest BCUT2D eigenvalue weighted by molar-refractivity contribution is 5.71. The van der Waals surface area contributed by atoms with E-state index in [9.17, 15) is 14.4 Å². The Bertz CT molecular complexity index is 947. The Morgan fingerprint density at radius 1 is 0.306 bits per heavy atom. The van der Waals surface area contributed by atoms with E-state index in [-0.39, 0.29) is 31.1 Å². The van der Waals surface area contributed by atoms with Crippen LogP contribution in [0.2, 0.25) is 0 Å². The molecule has 0 amide bonds. The summed E-state index contributed by atoms with van der Waals surface area (Å²) in [6.07, 6.45) is 50.9. The molecular weight excluding hydrogens is 769 g/mol. The van der Waals surface area contributed by atoms with E-state index in [1.54, 1.807) is 0 Å². The smallest absolute Gasteiger partial charge is 0.306 e. The van der Waals surface area contributed by atoms with E-state index in [2.05, 4.69) is 34.6 Å². The van der Waals surface area contributed by atoms with Gasteiger partial charge in [-0.05, 0) is 31.1 Å². The van der Waals surface area contributed by atoms with Crippen molar-refractivity contribution in [3.8, 4) is 0 Å². The first kappa shape index (κ1) is 60.4. The van der Waals surface area contributed by atoms with Crippen molar-refractivity contribution in [3.63, 3.8) is 0 Å². The molecule has 0 rings (SSSR count). The molecule has 0 radical (unpaired) electrons. The SMILES string of the molecule is CCCCCCCCCCCCCCCCC(=O)OC[C@@H](COC(=O)CCCCCCCCCCCC(C)C)OC(=O)CCCCCCCCCCCCCCCCCC(C)C. The normalized spacial score (nSPS) is 12.0. The summed E-state index contributed by atoms with van der Waals surface area (Å²) < 4.78 is 16.9. The van der Waals surface area contributed by atoms with Gasteiger partial charge in [-0.15, -0.1) is 0 Å². The Morgan fingerprint density at radius 3 is 0.790 bits per heavy atom. The molecule has 0 N–H and O–H groups in total. The highest BCUT2D eigenvalue weighted by atomic mass is 16.6. The third-order valence-corrected chi connectivity index (χ3v) is 12.7. The number of carbonyl (C=O) groups is 3. The minimum absolute atomic E-state index is 0.0631. The molecule has 0 spiro atoms. The van der Waals surface area contributed by atoms with Crippen LogP contribution in [0.3, 0.4) is 0 Å². The van der Waals surface area contributed by atoms with Crippen LogP contribution in [0, 0.1) is 11.8 Å². The maximum atomic E-state index is 12.8. The molecule has 1 atom stereocenters. The Hall–Kier alpha value is -1.59. The molecule has 0 bridgehead atoms. The third-order valence-electron chi connectivity index (χ3n) is 12.7. The lowest BCUT2D eigenvalue weighted by molar-refractivity contribution is -0.167. The summed E-state index contributed by atoms with van der Waals surface area (Å²) in [5, 5.41) is 0. The fraction of sp³-hybridized carbons (Fsp3) is 0.946. The monoisotopic (exact) mass is 877 g/mol. The third kappa shape index (κ3) is 49.4. The van der Waals surface area contributed by atoms with Crippen LogP contribution in [0.25, 0.3) is 0 Å². The van der Waals surface area contributed by atoms with Gasteiger partial charge in [0.15, 0.2) is 6.10 Å². The van der Waals surface area contributed by atoms with Crippen LogP contribution in [0.4, 0.5) is 0 Å². The zero-order valence-corrected chi connectivity index (χ0v) is 42.5. The summed E-state index contributed by atoms with van der Waals surface area (Å²) in [6, 6.07) is 0. The first-order chi connectivity index (χ1) is 30.2. The molecule has 0 heterocycles. The highest BCUT2D eigenvalue weighted by Gasteiger charge is 2.19. The Kier molecular flexibility index (Phi) is 47.6. The Balaban J connectivity index is 4.29. The molecule has 0 fully saturated rings. The van der Waals surface area contributed by atoms with Crippen LogP contribution in [-0.4, -0.2) is 37.2 Å². The van der Waals surface area contributed by atoms with Crippen molar-refractivity contribution in [1.82, 2.24) is 0 Å². The van der Waals surface area contributed by atoms with E-state index in [0.717, 1.165) is 69.6 Å². The highest BCUT2D eigenvalue weighted by Crippen LogP contribution is 2.18. The van der Waals surface area contributed by atoms with Crippen LogP contribution < -0.4 is 0 Å². The second kappa shape index (κ2) is 48.9. The van der Waals surface area contributed by atoms with Crippen molar-refractivity contribution in [2.75, 3.05) is 13.2 Å². The second-order valence-electron chi connectivity index (χ2n) is 20.2. The van der Waals surface area contributed by atoms with Gasteiger partial charge in [0, 0.05) is 19.3 Å². The predicted octanol–water partition coefficient (Wildman–Crippen LogP) is 18.1. The van der Waals surface area contributed by atoms with E-state index in [0.29, 0.717) is 19.3 Å². The van der Waals surface area contributed by atoms with Gasteiger partial charge in [0.1, 0.15) is 13.2 Å². The first-order valence-electron chi connectivity index (χ1n) is 27.7. The van der Waals surface area contributed by atoms with Gasteiger partial charge in [-0.2, -0.15) is 0 Å². The molecule has 0 saturated heterocycles. The minimum atomic E-state index is -0.762. The van der Waals surface area contributed by atoms with Gasteiger partial charge in [0.2, 0.25) is 0 Å². The summed E-state index contributed by atoms with van der Waals surface area (Å²) in [7, 11) is 0. The predicted molar refractivity (Wildman–Crippen MR) is 266 cm³/mol. The van der Waals surface area contributed by atoms with Gasteiger partial charge in [0.05, 0.1) is 0 Å². The van der Waals surface area contributed by atoms with E-state index in [1.807, 2.05) is 0 Å². The molecule has 0 saturated carbocycles. The maximum Gasteiger partial charge on any atom is 0.306 e. The van der Waals surface area contributed by atoms with E-state index < -0.39 is 6.10 Å². The number of hydrogen-bond donors (Lipinski definition) is 0. The first-order valence-corrected chi connectivity index (χ1v) is 27.7. The number of hydrogen-bond acceptors (Lipinski definition) is 6. The number of unbranched alkanes of at least 4 members (excludes halogenated alkanes) is 35. The van der Waals surface area contributed by atoms with Crippen molar-refractivity contribution in [2.24, 2.45) is 11.8 Å². The van der Waals surface area contributed by atoms with Gasteiger partial charge in [0.25, 0.3) is 0 Å². The Morgan fingerprint density at radius 2 is 0.532 bits per heavy atom. The van der Waals surface area contributed by atoms with E-state index in [1.165, 1.54) is 199 Å².